The van der Waals surface area contributed by atoms with E-state index in [9.17, 15) is 4.79 Å². The first-order valence-corrected chi connectivity index (χ1v) is 4.91. The van der Waals surface area contributed by atoms with E-state index in [0.717, 1.165) is 13.2 Å². The molecule has 0 aromatic rings. The second kappa shape index (κ2) is 6.79. The van der Waals surface area contributed by atoms with Crippen molar-refractivity contribution >= 4 is 5.97 Å². The standard InChI is InChI=1S/C10H21NO3/c1-5-14-7-6-11-8-10(2,3)9(12)13-4/h11H,5-8H2,1-4H3. The van der Waals surface area contributed by atoms with E-state index in [0.29, 0.717) is 13.2 Å². The predicted molar refractivity (Wildman–Crippen MR) is 55.2 cm³/mol. The van der Waals surface area contributed by atoms with Gasteiger partial charge in [0.2, 0.25) is 0 Å². The Balaban J connectivity index is 3.60. The van der Waals surface area contributed by atoms with Crippen molar-refractivity contribution in [3.8, 4) is 0 Å². The molecule has 0 aliphatic rings. The smallest absolute Gasteiger partial charge is 0.312 e. The van der Waals surface area contributed by atoms with Crippen molar-refractivity contribution in [2.24, 2.45) is 5.41 Å². The summed E-state index contributed by atoms with van der Waals surface area (Å²) < 4.78 is 9.84. The van der Waals surface area contributed by atoms with E-state index in [1.807, 2.05) is 20.8 Å². The quantitative estimate of drug-likeness (QED) is 0.491. The minimum atomic E-state index is -0.471. The number of hydrogen-bond donors (Lipinski definition) is 1. The summed E-state index contributed by atoms with van der Waals surface area (Å²) >= 11 is 0. The first-order chi connectivity index (χ1) is 6.54. The van der Waals surface area contributed by atoms with Crippen molar-refractivity contribution in [2.45, 2.75) is 20.8 Å². The summed E-state index contributed by atoms with van der Waals surface area (Å²) in [6.07, 6.45) is 0. The SMILES string of the molecule is CCOCCNCC(C)(C)C(=O)OC. The highest BCUT2D eigenvalue weighted by Crippen LogP contribution is 2.14. The number of carbonyl (C=O) groups is 1. The van der Waals surface area contributed by atoms with Gasteiger partial charge in [-0.15, -0.1) is 0 Å². The molecule has 0 rings (SSSR count). The van der Waals surface area contributed by atoms with Crippen molar-refractivity contribution < 1.29 is 14.3 Å². The molecule has 0 radical (unpaired) electrons. The second-order valence-corrected chi connectivity index (χ2v) is 3.75. The molecule has 0 fully saturated rings. The van der Waals surface area contributed by atoms with E-state index >= 15 is 0 Å². The molecule has 0 saturated carbocycles. The van der Waals surface area contributed by atoms with Gasteiger partial charge in [-0.2, -0.15) is 0 Å². The minimum Gasteiger partial charge on any atom is -0.469 e. The van der Waals surface area contributed by atoms with Crippen molar-refractivity contribution in [3.63, 3.8) is 0 Å². The first kappa shape index (κ1) is 13.4. The van der Waals surface area contributed by atoms with E-state index in [1.54, 1.807) is 0 Å². The Morgan fingerprint density at radius 3 is 2.57 bits per heavy atom. The molecular formula is C10H21NO3. The average molecular weight is 203 g/mol. The van der Waals surface area contributed by atoms with Gasteiger partial charge in [0, 0.05) is 19.7 Å². The summed E-state index contributed by atoms with van der Waals surface area (Å²) in [6.45, 7) is 8.42. The Bertz CT molecular complexity index is 169. The van der Waals surface area contributed by atoms with Crippen LogP contribution < -0.4 is 5.32 Å². The van der Waals surface area contributed by atoms with Gasteiger partial charge in [0.1, 0.15) is 0 Å². The van der Waals surface area contributed by atoms with Crippen LogP contribution in [-0.4, -0.2) is 39.4 Å². The van der Waals surface area contributed by atoms with Gasteiger partial charge in [0.25, 0.3) is 0 Å². The van der Waals surface area contributed by atoms with Crippen molar-refractivity contribution in [2.75, 3.05) is 33.4 Å². The third-order valence-electron chi connectivity index (χ3n) is 1.93. The fourth-order valence-electron chi connectivity index (χ4n) is 1.04. The maximum absolute atomic E-state index is 11.3. The number of ether oxygens (including phenoxy) is 2. The molecule has 0 spiro atoms. The number of carbonyl (C=O) groups excluding carboxylic acids is 1. The van der Waals surface area contributed by atoms with E-state index in [-0.39, 0.29) is 5.97 Å². The van der Waals surface area contributed by atoms with Crippen molar-refractivity contribution in [1.29, 1.82) is 0 Å². The van der Waals surface area contributed by atoms with Gasteiger partial charge in [-0.1, -0.05) is 0 Å². The Labute approximate surface area is 86.0 Å². The molecule has 0 aromatic heterocycles. The van der Waals surface area contributed by atoms with Gasteiger partial charge in [0.05, 0.1) is 19.1 Å². The molecule has 4 nitrogen and oxygen atoms in total. The summed E-state index contributed by atoms with van der Waals surface area (Å²) in [5, 5.41) is 3.15. The van der Waals surface area contributed by atoms with Crippen LogP contribution >= 0.6 is 0 Å². The number of nitrogens with one attached hydrogen (secondary N) is 1. The van der Waals surface area contributed by atoms with Gasteiger partial charge in [-0.25, -0.2) is 0 Å². The van der Waals surface area contributed by atoms with E-state index in [2.05, 4.69) is 10.1 Å². The highest BCUT2D eigenvalue weighted by Gasteiger charge is 2.27. The second-order valence-electron chi connectivity index (χ2n) is 3.75. The van der Waals surface area contributed by atoms with Gasteiger partial charge in [0.15, 0.2) is 0 Å². The lowest BCUT2D eigenvalue weighted by Crippen LogP contribution is -2.38. The third-order valence-corrected chi connectivity index (χ3v) is 1.93. The highest BCUT2D eigenvalue weighted by atomic mass is 16.5. The van der Waals surface area contributed by atoms with E-state index in [1.165, 1.54) is 7.11 Å². The molecule has 0 aromatic carbocycles. The van der Waals surface area contributed by atoms with Crippen LogP contribution in [0.5, 0.6) is 0 Å². The molecule has 1 N–H and O–H groups in total. The Morgan fingerprint density at radius 1 is 1.43 bits per heavy atom. The van der Waals surface area contributed by atoms with Crippen molar-refractivity contribution in [3.05, 3.63) is 0 Å². The zero-order chi connectivity index (χ0) is 11.0. The van der Waals surface area contributed by atoms with Crippen LogP contribution in [0.15, 0.2) is 0 Å². The number of methoxy groups -OCH3 is 1. The van der Waals surface area contributed by atoms with E-state index in [4.69, 9.17) is 4.74 Å². The zero-order valence-corrected chi connectivity index (χ0v) is 9.55. The lowest BCUT2D eigenvalue weighted by molar-refractivity contribution is -0.150. The molecule has 0 aliphatic carbocycles. The predicted octanol–water partition coefficient (Wildman–Crippen LogP) is 0.812. The molecule has 0 unspecified atom stereocenters. The van der Waals surface area contributed by atoms with Crippen LogP contribution in [0.2, 0.25) is 0 Å². The summed E-state index contributed by atoms with van der Waals surface area (Å²) in [6, 6.07) is 0. The zero-order valence-electron chi connectivity index (χ0n) is 9.55. The summed E-state index contributed by atoms with van der Waals surface area (Å²) in [5.41, 5.74) is -0.471. The Hall–Kier alpha value is -0.610. The third kappa shape index (κ3) is 5.19. The minimum absolute atomic E-state index is 0.193. The molecule has 14 heavy (non-hydrogen) atoms. The molecule has 0 amide bonds. The van der Waals surface area contributed by atoms with Gasteiger partial charge < -0.3 is 14.8 Å². The molecule has 0 bridgehead atoms. The van der Waals surface area contributed by atoms with Gasteiger partial charge in [-0.3, -0.25) is 4.79 Å². The molecule has 0 heterocycles. The molecule has 84 valence electrons. The maximum atomic E-state index is 11.3. The maximum Gasteiger partial charge on any atom is 0.312 e. The van der Waals surface area contributed by atoms with Crippen LogP contribution in [0.3, 0.4) is 0 Å². The van der Waals surface area contributed by atoms with Crippen LogP contribution in [-0.2, 0) is 14.3 Å². The molecule has 0 atom stereocenters. The van der Waals surface area contributed by atoms with Crippen LogP contribution in [0.25, 0.3) is 0 Å². The lowest BCUT2D eigenvalue weighted by atomic mass is 9.94. The average Bonchev–Trinajstić information content (AvgIpc) is 2.16. The number of esters is 1. The Kier molecular flexibility index (Phi) is 6.49. The van der Waals surface area contributed by atoms with E-state index < -0.39 is 5.41 Å². The van der Waals surface area contributed by atoms with Gasteiger partial charge in [-0.05, 0) is 20.8 Å². The highest BCUT2D eigenvalue weighted by molar-refractivity contribution is 5.75. The molecule has 0 saturated heterocycles. The lowest BCUT2D eigenvalue weighted by Gasteiger charge is -2.21. The first-order valence-electron chi connectivity index (χ1n) is 4.91. The van der Waals surface area contributed by atoms with Crippen LogP contribution in [0.1, 0.15) is 20.8 Å². The monoisotopic (exact) mass is 203 g/mol. The fraction of sp³-hybridized carbons (Fsp3) is 0.900. The number of rotatable bonds is 7. The van der Waals surface area contributed by atoms with Crippen LogP contribution in [0.4, 0.5) is 0 Å². The Morgan fingerprint density at radius 2 is 2.07 bits per heavy atom. The van der Waals surface area contributed by atoms with Crippen LogP contribution in [0, 0.1) is 5.41 Å². The molecule has 0 aliphatic heterocycles. The largest absolute Gasteiger partial charge is 0.469 e. The summed E-state index contributed by atoms with van der Waals surface area (Å²) in [7, 11) is 1.41. The van der Waals surface area contributed by atoms with Gasteiger partial charge >= 0.3 is 5.97 Å². The topological polar surface area (TPSA) is 47.6 Å². The fourth-order valence-corrected chi connectivity index (χ4v) is 1.04. The van der Waals surface area contributed by atoms with Crippen molar-refractivity contribution in [1.82, 2.24) is 5.32 Å². The molecular weight excluding hydrogens is 182 g/mol. The molecule has 4 heteroatoms. The number of hydrogen-bond acceptors (Lipinski definition) is 4. The summed E-state index contributed by atoms with van der Waals surface area (Å²) in [4.78, 5) is 11.3. The summed E-state index contributed by atoms with van der Waals surface area (Å²) in [5.74, 6) is -0.193. The normalized spacial score (nSPS) is 11.4.